The lowest BCUT2D eigenvalue weighted by Gasteiger charge is -2.36. The zero-order valence-electron chi connectivity index (χ0n) is 13.3. The fraction of sp³-hybridized carbons (Fsp3) is 0.632. The number of amides is 1. The predicted molar refractivity (Wildman–Crippen MR) is 86.2 cm³/mol. The molecule has 0 unspecified atom stereocenters. The van der Waals surface area contributed by atoms with Crippen molar-refractivity contribution in [2.24, 2.45) is 0 Å². The normalized spacial score (nSPS) is 22.1. The van der Waals surface area contributed by atoms with E-state index in [0.29, 0.717) is 0 Å². The average molecular weight is 303 g/mol. The third-order valence-corrected chi connectivity index (χ3v) is 5.39. The lowest BCUT2D eigenvalue weighted by molar-refractivity contribution is -0.137. The highest BCUT2D eigenvalue weighted by molar-refractivity contribution is 5.88. The lowest BCUT2D eigenvalue weighted by atomic mass is 9.77. The molecule has 0 atom stereocenters. The molecule has 22 heavy (non-hydrogen) atoms. The van der Waals surface area contributed by atoms with Gasteiger partial charge in [-0.15, -0.1) is 0 Å². The zero-order chi connectivity index (χ0) is 15.4. The maximum absolute atomic E-state index is 13.7. The first-order valence-corrected chi connectivity index (χ1v) is 8.78. The van der Waals surface area contributed by atoms with E-state index in [0.717, 1.165) is 57.2 Å². The Morgan fingerprint density at radius 2 is 1.59 bits per heavy atom. The maximum atomic E-state index is 13.7. The van der Waals surface area contributed by atoms with Gasteiger partial charge < -0.3 is 4.90 Å². The van der Waals surface area contributed by atoms with Gasteiger partial charge in [0, 0.05) is 13.1 Å². The van der Waals surface area contributed by atoms with E-state index in [4.69, 9.17) is 0 Å². The van der Waals surface area contributed by atoms with Crippen molar-refractivity contribution in [3.05, 3.63) is 35.6 Å². The number of carbonyl (C=O) groups excluding carboxylic acids is 1. The van der Waals surface area contributed by atoms with Crippen LogP contribution in [-0.2, 0) is 10.2 Å². The van der Waals surface area contributed by atoms with Crippen molar-refractivity contribution in [3.63, 3.8) is 0 Å². The second kappa shape index (κ2) is 6.80. The SMILES string of the molecule is O=C(N1CCCCCCC1)C1(c2cccc(F)c2)CCCC1. The minimum absolute atomic E-state index is 0.232. The Morgan fingerprint density at radius 1 is 0.955 bits per heavy atom. The average Bonchev–Trinajstić information content (AvgIpc) is 2.97. The van der Waals surface area contributed by atoms with Crippen molar-refractivity contribution in [3.8, 4) is 0 Å². The number of rotatable bonds is 2. The fourth-order valence-corrected chi connectivity index (χ4v) is 4.14. The molecule has 1 aromatic carbocycles. The van der Waals surface area contributed by atoms with Crippen molar-refractivity contribution < 1.29 is 9.18 Å². The molecule has 1 saturated carbocycles. The Balaban J connectivity index is 1.87. The van der Waals surface area contributed by atoms with Crippen LogP contribution in [0.4, 0.5) is 4.39 Å². The van der Waals surface area contributed by atoms with E-state index in [-0.39, 0.29) is 11.7 Å². The van der Waals surface area contributed by atoms with Gasteiger partial charge in [0.25, 0.3) is 0 Å². The highest BCUT2D eigenvalue weighted by atomic mass is 19.1. The summed E-state index contributed by atoms with van der Waals surface area (Å²) in [5, 5.41) is 0. The van der Waals surface area contributed by atoms with E-state index in [1.54, 1.807) is 12.1 Å². The Bertz CT molecular complexity index is 514. The monoisotopic (exact) mass is 303 g/mol. The predicted octanol–water partition coefficient (Wildman–Crippen LogP) is 4.43. The number of nitrogens with zero attached hydrogens (tertiary/aromatic N) is 1. The lowest BCUT2D eigenvalue weighted by Crippen LogP contribution is -2.46. The van der Waals surface area contributed by atoms with E-state index in [1.807, 2.05) is 6.07 Å². The van der Waals surface area contributed by atoms with Gasteiger partial charge in [0.15, 0.2) is 0 Å². The van der Waals surface area contributed by atoms with E-state index >= 15 is 0 Å². The molecule has 1 saturated heterocycles. The molecule has 1 aliphatic heterocycles. The highest BCUT2D eigenvalue weighted by Gasteiger charge is 2.44. The van der Waals surface area contributed by atoms with Gasteiger partial charge in [0.1, 0.15) is 5.82 Å². The zero-order valence-corrected chi connectivity index (χ0v) is 13.3. The van der Waals surface area contributed by atoms with Crippen LogP contribution in [0, 0.1) is 5.82 Å². The third kappa shape index (κ3) is 3.04. The minimum atomic E-state index is -0.471. The third-order valence-electron chi connectivity index (χ3n) is 5.39. The van der Waals surface area contributed by atoms with Crippen LogP contribution < -0.4 is 0 Å². The molecule has 0 radical (unpaired) electrons. The molecule has 120 valence electrons. The Labute approximate surface area is 132 Å². The van der Waals surface area contributed by atoms with E-state index < -0.39 is 5.41 Å². The van der Waals surface area contributed by atoms with Crippen molar-refractivity contribution in [1.82, 2.24) is 4.90 Å². The number of carbonyl (C=O) groups is 1. The van der Waals surface area contributed by atoms with E-state index in [1.165, 1.54) is 25.3 Å². The van der Waals surface area contributed by atoms with Crippen LogP contribution in [0.25, 0.3) is 0 Å². The van der Waals surface area contributed by atoms with Crippen LogP contribution in [0.2, 0.25) is 0 Å². The molecule has 0 spiro atoms. The summed E-state index contributed by atoms with van der Waals surface area (Å²) in [6.07, 6.45) is 9.80. The van der Waals surface area contributed by atoms with Gasteiger partial charge in [-0.2, -0.15) is 0 Å². The molecule has 2 aliphatic rings. The Morgan fingerprint density at radius 3 is 2.23 bits per heavy atom. The van der Waals surface area contributed by atoms with Crippen molar-refractivity contribution in [1.29, 1.82) is 0 Å². The van der Waals surface area contributed by atoms with E-state index in [2.05, 4.69) is 4.90 Å². The Hall–Kier alpha value is -1.38. The Kier molecular flexibility index (Phi) is 4.80. The van der Waals surface area contributed by atoms with Crippen LogP contribution in [0.1, 0.15) is 63.4 Å². The topological polar surface area (TPSA) is 20.3 Å². The molecule has 1 amide bonds. The van der Waals surface area contributed by atoms with Crippen molar-refractivity contribution in [2.45, 2.75) is 63.2 Å². The highest BCUT2D eigenvalue weighted by Crippen LogP contribution is 2.43. The first kappa shape index (κ1) is 15.5. The summed E-state index contributed by atoms with van der Waals surface area (Å²) < 4.78 is 13.7. The van der Waals surface area contributed by atoms with Crippen LogP contribution in [0.3, 0.4) is 0 Å². The molecule has 3 heteroatoms. The summed E-state index contributed by atoms with van der Waals surface area (Å²) in [5.74, 6) is 0.0155. The van der Waals surface area contributed by atoms with Crippen LogP contribution >= 0.6 is 0 Å². The van der Waals surface area contributed by atoms with Gasteiger partial charge in [-0.1, -0.05) is 44.2 Å². The molecular formula is C19H26FNO. The molecule has 2 fully saturated rings. The van der Waals surface area contributed by atoms with Crippen LogP contribution in [-0.4, -0.2) is 23.9 Å². The first-order chi connectivity index (χ1) is 10.7. The summed E-state index contributed by atoms with van der Waals surface area (Å²) in [6.45, 7) is 1.74. The molecule has 1 aromatic rings. The van der Waals surface area contributed by atoms with Gasteiger partial charge in [0.2, 0.25) is 5.91 Å². The minimum Gasteiger partial charge on any atom is -0.342 e. The molecule has 0 bridgehead atoms. The molecular weight excluding hydrogens is 277 g/mol. The largest absolute Gasteiger partial charge is 0.342 e. The summed E-state index contributed by atoms with van der Waals surface area (Å²) >= 11 is 0. The number of likely N-dealkylation sites (tertiary alicyclic amines) is 1. The summed E-state index contributed by atoms with van der Waals surface area (Å²) in [6, 6.07) is 6.72. The maximum Gasteiger partial charge on any atom is 0.233 e. The molecule has 3 rings (SSSR count). The number of hydrogen-bond donors (Lipinski definition) is 0. The quantitative estimate of drug-likeness (QED) is 0.791. The molecule has 1 aliphatic carbocycles. The molecule has 1 heterocycles. The summed E-state index contributed by atoms with van der Waals surface area (Å²) in [7, 11) is 0. The number of halogens is 1. The first-order valence-electron chi connectivity index (χ1n) is 8.78. The number of hydrogen-bond acceptors (Lipinski definition) is 1. The van der Waals surface area contributed by atoms with Gasteiger partial charge in [0.05, 0.1) is 5.41 Å². The molecule has 2 nitrogen and oxygen atoms in total. The molecule has 0 N–H and O–H groups in total. The van der Waals surface area contributed by atoms with Gasteiger partial charge in [-0.3, -0.25) is 4.79 Å². The van der Waals surface area contributed by atoms with Crippen molar-refractivity contribution >= 4 is 5.91 Å². The molecule has 0 aromatic heterocycles. The van der Waals surface area contributed by atoms with Crippen LogP contribution in [0.5, 0.6) is 0 Å². The standard InChI is InChI=1S/C19H26FNO/c20-17-10-8-9-16(15-17)19(11-4-5-12-19)18(22)21-13-6-2-1-3-7-14-21/h8-10,15H,1-7,11-14H2. The summed E-state index contributed by atoms with van der Waals surface area (Å²) in [5.41, 5.74) is 0.415. The number of benzene rings is 1. The van der Waals surface area contributed by atoms with Crippen molar-refractivity contribution in [2.75, 3.05) is 13.1 Å². The van der Waals surface area contributed by atoms with Crippen LogP contribution in [0.15, 0.2) is 24.3 Å². The van der Waals surface area contributed by atoms with Gasteiger partial charge in [-0.25, -0.2) is 4.39 Å². The second-order valence-electron chi connectivity index (χ2n) is 6.86. The van der Waals surface area contributed by atoms with Gasteiger partial charge >= 0.3 is 0 Å². The van der Waals surface area contributed by atoms with E-state index in [9.17, 15) is 9.18 Å². The van der Waals surface area contributed by atoms with Gasteiger partial charge in [-0.05, 0) is 43.4 Å². The second-order valence-corrected chi connectivity index (χ2v) is 6.86. The smallest absolute Gasteiger partial charge is 0.233 e. The fourth-order valence-electron chi connectivity index (χ4n) is 4.14. The summed E-state index contributed by atoms with van der Waals surface area (Å²) in [4.78, 5) is 15.4.